The van der Waals surface area contributed by atoms with Crippen LogP contribution in [0.3, 0.4) is 0 Å². The van der Waals surface area contributed by atoms with Crippen LogP contribution in [0.4, 0.5) is 0 Å². The van der Waals surface area contributed by atoms with Crippen molar-refractivity contribution in [1.82, 2.24) is 5.32 Å². The van der Waals surface area contributed by atoms with Gasteiger partial charge < -0.3 is 5.32 Å². The molecule has 0 saturated heterocycles. The molecule has 0 amide bonds. The van der Waals surface area contributed by atoms with Crippen LogP contribution in [-0.4, -0.2) is 18.0 Å². The Morgan fingerprint density at radius 3 is 1.43 bits per heavy atom. The average molecular weight is 215 g/mol. The van der Waals surface area contributed by atoms with E-state index in [1.165, 1.54) is 0 Å². The lowest BCUT2D eigenvalue weighted by Gasteiger charge is -1.86. The minimum atomic E-state index is 1.09. The number of rotatable bonds is 2. The summed E-state index contributed by atoms with van der Waals surface area (Å²) in [6.45, 7) is 6.39. The van der Waals surface area contributed by atoms with Crippen molar-refractivity contribution in [1.29, 1.82) is 0 Å². The molecule has 0 unspecified atom stereocenters. The lowest BCUT2D eigenvalue weighted by Crippen LogP contribution is -2.09. The van der Waals surface area contributed by atoms with Crippen LogP contribution < -0.4 is 5.32 Å². The minimum Gasteiger partial charge on any atom is -0.317 e. The van der Waals surface area contributed by atoms with E-state index in [-0.39, 0.29) is 0 Å². The summed E-state index contributed by atoms with van der Waals surface area (Å²) in [5, 5.41) is 3.11. The van der Waals surface area contributed by atoms with Gasteiger partial charge in [0.2, 0.25) is 0 Å². The van der Waals surface area contributed by atoms with E-state index in [1.807, 2.05) is 4.93 Å². The first-order valence-electron chi connectivity index (χ1n) is 2.50. The zero-order chi connectivity index (χ0) is 6.12. The van der Waals surface area contributed by atoms with Crippen molar-refractivity contribution in [3.63, 3.8) is 0 Å². The second-order valence-corrected chi connectivity index (χ2v) is 0.957. The highest BCUT2D eigenvalue weighted by Crippen LogP contribution is 1.48. The van der Waals surface area contributed by atoms with Gasteiger partial charge in [-0.1, -0.05) is 36.4 Å². The molecule has 7 heavy (non-hydrogen) atoms. The number of nitrogens with one attached hydrogen (secondary N) is 1. The predicted octanol–water partition coefficient (Wildman–Crippen LogP) is 1.67. The van der Waals surface area contributed by atoms with E-state index in [9.17, 15) is 0 Å². The molecule has 0 aliphatic carbocycles. The number of alkyl halides is 1. The van der Waals surface area contributed by atoms with Crippen LogP contribution in [-0.2, 0) is 0 Å². The Hall–Kier alpha value is 0.690. The molecule has 0 aliphatic rings. The van der Waals surface area contributed by atoms with Crippen LogP contribution in [0.5, 0.6) is 0 Å². The summed E-state index contributed by atoms with van der Waals surface area (Å²) in [6.07, 6.45) is 0. The van der Waals surface area contributed by atoms with Crippen LogP contribution in [0.1, 0.15) is 13.8 Å². The molecular weight excluding hydrogens is 201 g/mol. The molecule has 0 aromatic rings. The van der Waals surface area contributed by atoms with Gasteiger partial charge in [0.1, 0.15) is 0 Å². The Bertz CT molecular complexity index is 15.6. The first-order valence-corrected chi connectivity index (χ1v) is 4.66. The summed E-state index contributed by atoms with van der Waals surface area (Å²) >= 11 is 2.15. The molecular formula is C5H14IN. The molecule has 2 heteroatoms. The largest absolute Gasteiger partial charge is 0.317 e. The molecule has 1 nitrogen and oxygen atoms in total. The lowest BCUT2D eigenvalue weighted by molar-refractivity contribution is 0.762. The van der Waals surface area contributed by atoms with Gasteiger partial charge in [-0.2, -0.15) is 0 Å². The van der Waals surface area contributed by atoms with Gasteiger partial charge in [0.15, 0.2) is 0 Å². The van der Waals surface area contributed by atoms with E-state index < -0.39 is 0 Å². The van der Waals surface area contributed by atoms with Crippen molar-refractivity contribution in [2.24, 2.45) is 0 Å². The molecule has 0 atom stereocenters. The summed E-state index contributed by atoms with van der Waals surface area (Å²) in [4.78, 5) is 1.97. The van der Waals surface area contributed by atoms with Gasteiger partial charge in [0.05, 0.1) is 0 Å². The highest BCUT2D eigenvalue weighted by Gasteiger charge is 1.62. The van der Waals surface area contributed by atoms with E-state index in [1.54, 1.807) is 0 Å². The van der Waals surface area contributed by atoms with E-state index in [0.717, 1.165) is 13.1 Å². The second kappa shape index (κ2) is 15.9. The lowest BCUT2D eigenvalue weighted by atomic mass is 10.7. The average Bonchev–Trinajstić information content (AvgIpc) is 1.75. The van der Waals surface area contributed by atoms with Crippen LogP contribution >= 0.6 is 22.6 Å². The topological polar surface area (TPSA) is 12.0 Å². The Labute approximate surface area is 60.0 Å². The van der Waals surface area contributed by atoms with Gasteiger partial charge in [-0.05, 0) is 18.0 Å². The van der Waals surface area contributed by atoms with Crippen LogP contribution in [0.2, 0.25) is 0 Å². The maximum absolute atomic E-state index is 3.11. The molecule has 0 aromatic heterocycles. The Morgan fingerprint density at radius 2 is 1.43 bits per heavy atom. The van der Waals surface area contributed by atoms with Crippen molar-refractivity contribution < 1.29 is 0 Å². The quantitative estimate of drug-likeness (QED) is 0.545. The SMILES string of the molecule is CCNCC.CI. The van der Waals surface area contributed by atoms with E-state index in [2.05, 4.69) is 41.8 Å². The molecule has 0 rings (SSSR count). The van der Waals surface area contributed by atoms with Gasteiger partial charge in [-0.25, -0.2) is 0 Å². The fourth-order valence-corrected chi connectivity index (χ4v) is 0.250. The Balaban J connectivity index is 0. The molecule has 0 saturated carbocycles. The summed E-state index contributed by atoms with van der Waals surface area (Å²) in [7, 11) is 0. The third kappa shape index (κ3) is 20.3. The van der Waals surface area contributed by atoms with Gasteiger partial charge in [0.25, 0.3) is 0 Å². The monoisotopic (exact) mass is 215 g/mol. The molecule has 0 aliphatic heterocycles. The summed E-state index contributed by atoms with van der Waals surface area (Å²) in [5.41, 5.74) is 0. The molecule has 0 heterocycles. The number of hydrogen-bond donors (Lipinski definition) is 1. The van der Waals surface area contributed by atoms with Crippen LogP contribution in [0, 0.1) is 0 Å². The molecule has 1 N–H and O–H groups in total. The van der Waals surface area contributed by atoms with Crippen LogP contribution in [0.15, 0.2) is 0 Å². The maximum atomic E-state index is 3.11. The van der Waals surface area contributed by atoms with Gasteiger partial charge in [-0.15, -0.1) is 0 Å². The Kier molecular flexibility index (Phi) is 24.2. The third-order valence-electron chi connectivity index (χ3n) is 0.500. The van der Waals surface area contributed by atoms with Crippen molar-refractivity contribution in [2.75, 3.05) is 18.0 Å². The van der Waals surface area contributed by atoms with Gasteiger partial charge >= 0.3 is 0 Å². The molecule has 0 fully saturated rings. The molecule has 46 valence electrons. The first-order chi connectivity index (χ1) is 3.41. The Morgan fingerprint density at radius 1 is 1.14 bits per heavy atom. The summed E-state index contributed by atoms with van der Waals surface area (Å²) in [6, 6.07) is 0. The molecule has 0 bridgehead atoms. The second-order valence-electron chi connectivity index (χ2n) is 0.957. The number of hydrogen-bond acceptors (Lipinski definition) is 1. The third-order valence-corrected chi connectivity index (χ3v) is 0.500. The van der Waals surface area contributed by atoms with Crippen molar-refractivity contribution in [2.45, 2.75) is 13.8 Å². The fourth-order valence-electron chi connectivity index (χ4n) is 0.250. The van der Waals surface area contributed by atoms with Crippen molar-refractivity contribution >= 4 is 22.6 Å². The molecule has 0 aromatic carbocycles. The molecule has 0 spiro atoms. The molecule has 0 radical (unpaired) electrons. The normalized spacial score (nSPS) is 6.86. The van der Waals surface area contributed by atoms with E-state index in [0.29, 0.717) is 0 Å². The first kappa shape index (κ1) is 10.6. The zero-order valence-electron chi connectivity index (χ0n) is 5.29. The van der Waals surface area contributed by atoms with E-state index in [4.69, 9.17) is 0 Å². The van der Waals surface area contributed by atoms with E-state index >= 15 is 0 Å². The van der Waals surface area contributed by atoms with Crippen molar-refractivity contribution in [3.05, 3.63) is 0 Å². The zero-order valence-corrected chi connectivity index (χ0v) is 7.45. The predicted molar refractivity (Wildman–Crippen MR) is 44.2 cm³/mol. The smallest absolute Gasteiger partial charge is 0.00775 e. The highest BCUT2D eigenvalue weighted by molar-refractivity contribution is 14.1. The van der Waals surface area contributed by atoms with Gasteiger partial charge in [0, 0.05) is 0 Å². The number of halogens is 1. The maximum Gasteiger partial charge on any atom is -0.00775 e. The highest BCUT2D eigenvalue weighted by atomic mass is 127. The summed E-state index contributed by atoms with van der Waals surface area (Å²) < 4.78 is 0. The standard InChI is InChI=1S/C4H11N.CH3I/c1-3-5-4-2;1-2/h5H,3-4H2,1-2H3;1H3. The van der Waals surface area contributed by atoms with Crippen LogP contribution in [0.25, 0.3) is 0 Å². The minimum absolute atomic E-state index is 1.09. The van der Waals surface area contributed by atoms with Crippen molar-refractivity contribution in [3.8, 4) is 0 Å². The fraction of sp³-hybridized carbons (Fsp3) is 1.00. The van der Waals surface area contributed by atoms with Gasteiger partial charge in [-0.3, -0.25) is 0 Å². The summed E-state index contributed by atoms with van der Waals surface area (Å²) in [5.74, 6) is 0.